The van der Waals surface area contributed by atoms with Crippen molar-refractivity contribution in [2.45, 2.75) is 6.54 Å². The maximum absolute atomic E-state index is 10.6. The Bertz CT molecular complexity index is 520. The first-order valence-corrected chi connectivity index (χ1v) is 4.51. The van der Waals surface area contributed by atoms with E-state index in [0.717, 1.165) is 0 Å². The van der Waals surface area contributed by atoms with Crippen molar-refractivity contribution in [2.75, 3.05) is 0 Å². The van der Waals surface area contributed by atoms with Crippen molar-refractivity contribution in [1.82, 2.24) is 15.0 Å². The number of aromatic carboxylic acids is 2. The van der Waals surface area contributed by atoms with Crippen molar-refractivity contribution in [3.63, 3.8) is 0 Å². The third-order valence-corrected chi connectivity index (χ3v) is 1.95. The number of carboxylic acid groups (broad SMARTS) is 2. The minimum atomic E-state index is -1.18. The summed E-state index contributed by atoms with van der Waals surface area (Å²) in [7, 11) is 0. The van der Waals surface area contributed by atoms with Crippen LogP contribution in [0.3, 0.4) is 0 Å². The Morgan fingerprint density at radius 3 is 2.59 bits per heavy atom. The van der Waals surface area contributed by atoms with Crippen LogP contribution in [-0.2, 0) is 6.54 Å². The van der Waals surface area contributed by atoms with Crippen LogP contribution in [0, 0.1) is 0 Å². The maximum Gasteiger partial charge on any atom is 0.371 e. The van der Waals surface area contributed by atoms with Crippen LogP contribution >= 0.6 is 0 Å². The average molecular weight is 237 g/mol. The Labute approximate surface area is 94.1 Å². The molecule has 0 aliphatic carbocycles. The molecule has 0 bridgehead atoms. The Hall–Kier alpha value is -2.64. The van der Waals surface area contributed by atoms with Gasteiger partial charge >= 0.3 is 11.9 Å². The van der Waals surface area contributed by atoms with E-state index in [1.165, 1.54) is 23.0 Å². The smallest absolute Gasteiger partial charge is 0.371 e. The fourth-order valence-corrected chi connectivity index (χ4v) is 1.21. The summed E-state index contributed by atoms with van der Waals surface area (Å²) in [5.41, 5.74) is -0.185. The van der Waals surface area contributed by atoms with E-state index in [2.05, 4.69) is 10.3 Å². The highest BCUT2D eigenvalue weighted by Crippen LogP contribution is 2.09. The van der Waals surface area contributed by atoms with E-state index in [0.29, 0.717) is 5.76 Å². The molecule has 0 atom stereocenters. The molecule has 0 amide bonds. The van der Waals surface area contributed by atoms with Crippen LogP contribution in [0.1, 0.15) is 26.8 Å². The fourth-order valence-electron chi connectivity index (χ4n) is 1.21. The van der Waals surface area contributed by atoms with Crippen LogP contribution in [0.15, 0.2) is 22.7 Å². The standard InChI is InChI=1S/C9H7N3O5/c13-8(14)6-4-12(11-10-6)3-5-1-2-7(17-5)9(15)16/h1-2,4H,3H2,(H,13,14)(H,15,16). The molecule has 2 N–H and O–H groups in total. The molecule has 0 unspecified atom stereocenters. The molecule has 0 fully saturated rings. The highest BCUT2D eigenvalue weighted by molar-refractivity contribution is 5.84. The summed E-state index contributed by atoms with van der Waals surface area (Å²) in [4.78, 5) is 21.1. The molecule has 88 valence electrons. The summed E-state index contributed by atoms with van der Waals surface area (Å²) in [6.45, 7) is 0.119. The van der Waals surface area contributed by atoms with Gasteiger partial charge < -0.3 is 14.6 Å². The summed E-state index contributed by atoms with van der Waals surface area (Å²) < 4.78 is 6.23. The normalized spacial score (nSPS) is 10.4. The fraction of sp³-hybridized carbons (Fsp3) is 0.111. The number of hydrogen-bond donors (Lipinski definition) is 2. The lowest BCUT2D eigenvalue weighted by atomic mass is 10.4. The number of rotatable bonds is 4. The molecular formula is C9H7N3O5. The van der Waals surface area contributed by atoms with Crippen molar-refractivity contribution in [2.24, 2.45) is 0 Å². The number of furan rings is 1. The molecule has 0 saturated heterocycles. The van der Waals surface area contributed by atoms with Gasteiger partial charge in [0.25, 0.3) is 0 Å². The first-order chi connectivity index (χ1) is 8.06. The van der Waals surface area contributed by atoms with Gasteiger partial charge in [-0.2, -0.15) is 0 Å². The van der Waals surface area contributed by atoms with Crippen LogP contribution in [0.25, 0.3) is 0 Å². The van der Waals surface area contributed by atoms with Crippen molar-refractivity contribution in [1.29, 1.82) is 0 Å². The van der Waals surface area contributed by atoms with E-state index in [-0.39, 0.29) is 18.0 Å². The highest BCUT2D eigenvalue weighted by atomic mass is 16.4. The average Bonchev–Trinajstić information content (AvgIpc) is 2.87. The van der Waals surface area contributed by atoms with Crippen LogP contribution in [-0.4, -0.2) is 37.1 Å². The molecule has 0 aliphatic heterocycles. The molecule has 2 aromatic rings. The highest BCUT2D eigenvalue weighted by Gasteiger charge is 2.12. The zero-order chi connectivity index (χ0) is 12.4. The number of aromatic nitrogens is 3. The van der Waals surface area contributed by atoms with Gasteiger partial charge in [-0.05, 0) is 12.1 Å². The Balaban J connectivity index is 2.13. The van der Waals surface area contributed by atoms with Gasteiger partial charge in [0.15, 0.2) is 5.69 Å². The lowest BCUT2D eigenvalue weighted by Crippen LogP contribution is -1.99. The van der Waals surface area contributed by atoms with Gasteiger partial charge in [0.05, 0.1) is 6.20 Å². The first kappa shape index (κ1) is 10.9. The molecule has 2 heterocycles. The van der Waals surface area contributed by atoms with Crippen LogP contribution in [0.5, 0.6) is 0 Å². The van der Waals surface area contributed by atoms with E-state index in [9.17, 15) is 9.59 Å². The molecule has 2 rings (SSSR count). The number of carbonyl (C=O) groups is 2. The van der Waals surface area contributed by atoms with Crippen molar-refractivity contribution in [3.05, 3.63) is 35.5 Å². The Morgan fingerprint density at radius 1 is 1.29 bits per heavy atom. The number of carboxylic acids is 2. The van der Waals surface area contributed by atoms with E-state index in [1.54, 1.807) is 0 Å². The zero-order valence-electron chi connectivity index (χ0n) is 8.40. The van der Waals surface area contributed by atoms with Crippen molar-refractivity contribution < 1.29 is 24.2 Å². The SMILES string of the molecule is O=C(O)c1cn(Cc2ccc(C(=O)O)o2)nn1. The molecular weight excluding hydrogens is 230 g/mol. The third kappa shape index (κ3) is 2.30. The minimum absolute atomic E-state index is 0.119. The lowest BCUT2D eigenvalue weighted by Gasteiger charge is -1.94. The predicted molar refractivity (Wildman–Crippen MR) is 51.8 cm³/mol. The topological polar surface area (TPSA) is 118 Å². The summed E-state index contributed by atoms with van der Waals surface area (Å²) in [6.07, 6.45) is 1.23. The molecule has 8 heteroatoms. The van der Waals surface area contributed by atoms with Gasteiger partial charge in [-0.1, -0.05) is 5.21 Å². The maximum atomic E-state index is 10.6. The van der Waals surface area contributed by atoms with Gasteiger partial charge in [-0.15, -0.1) is 5.10 Å². The van der Waals surface area contributed by atoms with E-state index in [4.69, 9.17) is 14.6 Å². The van der Waals surface area contributed by atoms with Gasteiger partial charge in [0.2, 0.25) is 5.76 Å². The van der Waals surface area contributed by atoms with Crippen molar-refractivity contribution >= 4 is 11.9 Å². The quantitative estimate of drug-likeness (QED) is 0.785. The molecule has 0 radical (unpaired) electrons. The Morgan fingerprint density at radius 2 is 2.06 bits per heavy atom. The van der Waals surface area contributed by atoms with Crippen molar-refractivity contribution in [3.8, 4) is 0 Å². The van der Waals surface area contributed by atoms with Gasteiger partial charge in [-0.25, -0.2) is 14.3 Å². The number of hydrogen-bond acceptors (Lipinski definition) is 5. The van der Waals surface area contributed by atoms with E-state index >= 15 is 0 Å². The minimum Gasteiger partial charge on any atom is -0.476 e. The predicted octanol–water partition coefficient (Wildman–Crippen LogP) is 0.316. The van der Waals surface area contributed by atoms with E-state index in [1.807, 2.05) is 0 Å². The molecule has 2 aromatic heterocycles. The van der Waals surface area contributed by atoms with Crippen LogP contribution < -0.4 is 0 Å². The van der Waals surface area contributed by atoms with Crippen LogP contribution in [0.4, 0.5) is 0 Å². The largest absolute Gasteiger partial charge is 0.476 e. The van der Waals surface area contributed by atoms with Gasteiger partial charge in [0.1, 0.15) is 12.3 Å². The summed E-state index contributed by atoms with van der Waals surface area (Å²) in [6, 6.07) is 2.79. The second kappa shape index (κ2) is 4.08. The second-order valence-corrected chi connectivity index (χ2v) is 3.18. The lowest BCUT2D eigenvalue weighted by molar-refractivity contribution is 0.0657. The molecule has 0 aliphatic rings. The zero-order valence-corrected chi connectivity index (χ0v) is 8.40. The first-order valence-electron chi connectivity index (χ1n) is 4.51. The molecule has 0 aromatic carbocycles. The third-order valence-electron chi connectivity index (χ3n) is 1.95. The monoisotopic (exact) mass is 237 g/mol. The molecule has 0 spiro atoms. The Kier molecular flexibility index (Phi) is 2.61. The van der Waals surface area contributed by atoms with Gasteiger partial charge in [0, 0.05) is 0 Å². The molecule has 17 heavy (non-hydrogen) atoms. The van der Waals surface area contributed by atoms with Crippen LogP contribution in [0.2, 0.25) is 0 Å². The summed E-state index contributed by atoms with van der Waals surface area (Å²) >= 11 is 0. The van der Waals surface area contributed by atoms with E-state index < -0.39 is 11.9 Å². The summed E-state index contributed by atoms with van der Waals surface area (Å²) in [5, 5.41) is 24.2. The molecule has 8 nitrogen and oxygen atoms in total. The summed E-state index contributed by atoms with van der Waals surface area (Å²) in [5.74, 6) is -2.18. The molecule has 0 saturated carbocycles. The number of nitrogens with zero attached hydrogens (tertiary/aromatic N) is 3. The second-order valence-electron chi connectivity index (χ2n) is 3.18. The van der Waals surface area contributed by atoms with Gasteiger partial charge in [-0.3, -0.25) is 0 Å².